The monoisotopic (exact) mass is 482 g/mol. The molecule has 1 aliphatic heterocycles. The lowest BCUT2D eigenvalue weighted by Gasteiger charge is -2.58. The van der Waals surface area contributed by atoms with E-state index in [9.17, 15) is 15.0 Å². The van der Waals surface area contributed by atoms with E-state index in [4.69, 9.17) is 4.98 Å². The summed E-state index contributed by atoms with van der Waals surface area (Å²) in [5.74, 6) is 2.24. The van der Waals surface area contributed by atoms with Crippen molar-refractivity contribution < 1.29 is 15.0 Å². The Balaban J connectivity index is 1.09. The van der Waals surface area contributed by atoms with Crippen LogP contribution in [0.5, 0.6) is 0 Å². The predicted molar refractivity (Wildman–Crippen MR) is 135 cm³/mol. The molecule has 2 heterocycles. The molecule has 6 aliphatic rings. The molecule has 7 rings (SSSR count). The molecule has 35 heavy (non-hydrogen) atoms. The van der Waals surface area contributed by atoms with Crippen molar-refractivity contribution in [3.8, 4) is 0 Å². The number of anilines is 1. The number of aliphatic hydroxyl groups is 2. The van der Waals surface area contributed by atoms with Crippen LogP contribution >= 0.6 is 0 Å². The van der Waals surface area contributed by atoms with Crippen molar-refractivity contribution in [1.82, 2.24) is 15.2 Å². The summed E-state index contributed by atoms with van der Waals surface area (Å²) >= 11 is 0. The van der Waals surface area contributed by atoms with E-state index in [1.807, 2.05) is 25.1 Å². The number of carbonyl (C=O) groups is 1. The SMILES string of the molecule is C[C@@H]1CN(C2CCC(C)(O)CC2)CCN1c1cccc(C(=O)NC2C3CC4CC2CC(O)(C4)C3)n1. The largest absolute Gasteiger partial charge is 0.390 e. The summed E-state index contributed by atoms with van der Waals surface area (Å²) in [4.78, 5) is 23.0. The second-order valence-electron chi connectivity index (χ2n) is 12.8. The first-order valence-corrected chi connectivity index (χ1v) is 13.9. The van der Waals surface area contributed by atoms with Crippen molar-refractivity contribution in [2.45, 2.75) is 101 Å². The zero-order valence-electron chi connectivity index (χ0n) is 21.3. The zero-order valence-corrected chi connectivity index (χ0v) is 21.3. The smallest absolute Gasteiger partial charge is 0.270 e. The van der Waals surface area contributed by atoms with Crippen molar-refractivity contribution in [2.24, 2.45) is 17.8 Å². The first kappa shape index (κ1) is 23.7. The standard InChI is InChI=1S/C28H42N4O3/c1-18-17-31(22-6-8-27(2,34)9-7-22)10-11-32(18)24-5-3-4-23(29-24)26(33)30-25-20-12-19-13-21(25)16-28(35,14-19)15-20/h3-5,18-22,25,34-35H,6-17H2,1-2H3,(H,30,33)/t18-,19?,20?,21?,22?,25?,27?,28?/m1/s1. The van der Waals surface area contributed by atoms with E-state index in [1.165, 1.54) is 0 Å². The van der Waals surface area contributed by atoms with Gasteiger partial charge in [0.2, 0.25) is 0 Å². The fraction of sp³-hybridized carbons (Fsp3) is 0.786. The molecule has 1 aromatic heterocycles. The minimum Gasteiger partial charge on any atom is -0.390 e. The molecule has 0 radical (unpaired) electrons. The van der Waals surface area contributed by atoms with Gasteiger partial charge in [0.1, 0.15) is 11.5 Å². The van der Waals surface area contributed by atoms with Crippen molar-refractivity contribution in [3.63, 3.8) is 0 Å². The van der Waals surface area contributed by atoms with Crippen LogP contribution < -0.4 is 10.2 Å². The number of rotatable bonds is 4. The summed E-state index contributed by atoms with van der Waals surface area (Å²) in [6.45, 7) is 7.09. The van der Waals surface area contributed by atoms with Gasteiger partial charge in [0.05, 0.1) is 11.2 Å². The molecule has 5 aliphatic carbocycles. The number of aromatic nitrogens is 1. The van der Waals surface area contributed by atoms with E-state index in [0.29, 0.717) is 35.5 Å². The van der Waals surface area contributed by atoms with Gasteiger partial charge in [-0.1, -0.05) is 6.07 Å². The van der Waals surface area contributed by atoms with Gasteiger partial charge in [-0.15, -0.1) is 0 Å². The third kappa shape index (κ3) is 4.60. The lowest BCUT2D eigenvalue weighted by atomic mass is 9.52. The highest BCUT2D eigenvalue weighted by molar-refractivity contribution is 5.93. The summed E-state index contributed by atoms with van der Waals surface area (Å²) in [6, 6.07) is 6.87. The summed E-state index contributed by atoms with van der Waals surface area (Å²) in [6.07, 6.45) is 8.79. The minimum atomic E-state index is -0.495. The van der Waals surface area contributed by atoms with Crippen LogP contribution in [0.2, 0.25) is 0 Å². The first-order valence-electron chi connectivity index (χ1n) is 13.9. The van der Waals surface area contributed by atoms with Crippen LogP contribution in [0.1, 0.15) is 82.1 Å². The van der Waals surface area contributed by atoms with Gasteiger partial charge in [-0.2, -0.15) is 0 Å². The van der Waals surface area contributed by atoms with E-state index < -0.39 is 11.2 Å². The molecule has 3 atom stereocenters. The lowest BCUT2D eigenvalue weighted by Crippen LogP contribution is -2.61. The molecule has 5 saturated carbocycles. The molecule has 6 fully saturated rings. The van der Waals surface area contributed by atoms with E-state index in [2.05, 4.69) is 22.0 Å². The van der Waals surface area contributed by atoms with Crippen LogP contribution in [0.25, 0.3) is 0 Å². The molecule has 4 bridgehead atoms. The van der Waals surface area contributed by atoms with Crippen LogP contribution in [-0.2, 0) is 0 Å². The van der Waals surface area contributed by atoms with E-state index in [1.54, 1.807) is 0 Å². The van der Waals surface area contributed by atoms with E-state index in [-0.39, 0.29) is 11.9 Å². The Kier molecular flexibility index (Phi) is 5.89. The zero-order chi connectivity index (χ0) is 24.4. The maximum absolute atomic E-state index is 13.3. The Morgan fingerprint density at radius 1 is 1.09 bits per heavy atom. The van der Waals surface area contributed by atoms with Crippen molar-refractivity contribution >= 4 is 11.7 Å². The summed E-state index contributed by atoms with van der Waals surface area (Å²) in [7, 11) is 0. The van der Waals surface area contributed by atoms with Crippen molar-refractivity contribution in [2.75, 3.05) is 24.5 Å². The second-order valence-corrected chi connectivity index (χ2v) is 12.8. The Morgan fingerprint density at radius 2 is 1.80 bits per heavy atom. The van der Waals surface area contributed by atoms with Crippen LogP contribution in [0, 0.1) is 17.8 Å². The highest BCUT2D eigenvalue weighted by Gasteiger charge is 2.55. The van der Waals surface area contributed by atoms with Crippen LogP contribution in [0.4, 0.5) is 5.82 Å². The highest BCUT2D eigenvalue weighted by Crippen LogP contribution is 2.55. The molecular formula is C28H42N4O3. The molecule has 192 valence electrons. The fourth-order valence-corrected chi connectivity index (χ4v) is 8.40. The first-order chi connectivity index (χ1) is 16.7. The van der Waals surface area contributed by atoms with Gasteiger partial charge in [-0.3, -0.25) is 9.69 Å². The molecular weight excluding hydrogens is 440 g/mol. The fourth-order valence-electron chi connectivity index (χ4n) is 8.40. The minimum absolute atomic E-state index is 0.0724. The lowest BCUT2D eigenvalue weighted by molar-refractivity contribution is -0.136. The van der Waals surface area contributed by atoms with Crippen molar-refractivity contribution in [1.29, 1.82) is 0 Å². The van der Waals surface area contributed by atoms with Gasteiger partial charge in [0, 0.05) is 37.8 Å². The Morgan fingerprint density at radius 3 is 2.46 bits per heavy atom. The number of amides is 1. The summed E-state index contributed by atoms with van der Waals surface area (Å²) in [5.41, 5.74) is -0.478. The van der Waals surface area contributed by atoms with Gasteiger partial charge < -0.3 is 20.4 Å². The summed E-state index contributed by atoms with van der Waals surface area (Å²) < 4.78 is 0. The summed E-state index contributed by atoms with van der Waals surface area (Å²) in [5, 5.41) is 24.5. The second kappa shape index (κ2) is 8.70. The molecule has 0 aromatic carbocycles. The number of hydrogen-bond donors (Lipinski definition) is 3. The molecule has 1 saturated heterocycles. The highest BCUT2D eigenvalue weighted by atomic mass is 16.3. The molecule has 7 nitrogen and oxygen atoms in total. The number of nitrogens with zero attached hydrogens (tertiary/aromatic N) is 3. The third-order valence-electron chi connectivity index (χ3n) is 10.0. The van der Waals surface area contributed by atoms with Gasteiger partial charge in [0.15, 0.2) is 0 Å². The number of piperazine rings is 1. The third-order valence-corrected chi connectivity index (χ3v) is 10.0. The number of pyridine rings is 1. The molecule has 1 aromatic rings. The average Bonchev–Trinajstić information content (AvgIpc) is 2.80. The molecule has 0 spiro atoms. The predicted octanol–water partition coefficient (Wildman–Crippen LogP) is 2.96. The number of carbonyl (C=O) groups excluding carboxylic acids is 1. The van der Waals surface area contributed by atoms with Gasteiger partial charge >= 0.3 is 0 Å². The normalized spacial score (nSPS) is 43.4. The average molecular weight is 483 g/mol. The molecule has 1 amide bonds. The Labute approximate surface area is 209 Å². The van der Waals surface area contributed by atoms with E-state index in [0.717, 1.165) is 83.2 Å². The molecule has 3 N–H and O–H groups in total. The van der Waals surface area contributed by atoms with Crippen LogP contribution in [-0.4, -0.2) is 75.0 Å². The van der Waals surface area contributed by atoms with Crippen LogP contribution in [0.3, 0.4) is 0 Å². The molecule has 7 heteroatoms. The molecule has 2 unspecified atom stereocenters. The quantitative estimate of drug-likeness (QED) is 0.612. The van der Waals surface area contributed by atoms with E-state index >= 15 is 0 Å². The Hall–Kier alpha value is -1.70. The van der Waals surface area contributed by atoms with Gasteiger partial charge in [-0.05, 0) is 102 Å². The maximum atomic E-state index is 13.3. The van der Waals surface area contributed by atoms with Gasteiger partial charge in [0.25, 0.3) is 5.91 Å². The van der Waals surface area contributed by atoms with Gasteiger partial charge in [-0.25, -0.2) is 4.98 Å². The Bertz CT molecular complexity index is 941. The topological polar surface area (TPSA) is 88.9 Å². The maximum Gasteiger partial charge on any atom is 0.270 e. The van der Waals surface area contributed by atoms with Crippen molar-refractivity contribution in [3.05, 3.63) is 23.9 Å². The van der Waals surface area contributed by atoms with Crippen LogP contribution in [0.15, 0.2) is 18.2 Å². The number of hydrogen-bond acceptors (Lipinski definition) is 6. The number of nitrogens with one attached hydrogen (secondary N) is 1.